The molecule has 0 spiro atoms. The molecule has 0 bridgehead atoms. The van der Waals surface area contributed by atoms with Gasteiger partial charge in [-0.2, -0.15) is 5.10 Å². The number of anilines is 2. The van der Waals surface area contributed by atoms with E-state index in [1.807, 2.05) is 41.8 Å². The first-order valence-corrected chi connectivity index (χ1v) is 13.7. The molecular weight excluding hydrogens is 570 g/mol. The zero-order chi connectivity index (χ0) is 27.9. The van der Waals surface area contributed by atoms with Gasteiger partial charge >= 0.3 is 0 Å². The Labute approximate surface area is 244 Å². The summed E-state index contributed by atoms with van der Waals surface area (Å²) in [5.41, 5.74) is 6.75. The number of halogens is 3. The molecule has 5 aromatic rings. The van der Waals surface area contributed by atoms with Crippen molar-refractivity contribution >= 4 is 57.5 Å². The fourth-order valence-electron chi connectivity index (χ4n) is 3.68. The highest BCUT2D eigenvalue weighted by Crippen LogP contribution is 2.28. The number of carbonyl (C=O) groups is 1. The van der Waals surface area contributed by atoms with Crippen molar-refractivity contribution in [3.63, 3.8) is 0 Å². The van der Waals surface area contributed by atoms with Crippen LogP contribution in [0.2, 0.25) is 10.0 Å². The highest BCUT2D eigenvalue weighted by atomic mass is 35.5. The average Bonchev–Trinajstić information content (AvgIpc) is 3.42. The van der Waals surface area contributed by atoms with Gasteiger partial charge in [-0.25, -0.2) is 14.8 Å². The molecule has 0 aliphatic rings. The van der Waals surface area contributed by atoms with E-state index in [4.69, 9.17) is 27.9 Å². The maximum atomic E-state index is 13.5. The lowest BCUT2D eigenvalue weighted by molar-refractivity contribution is 0.0955. The molecule has 0 radical (unpaired) electrons. The van der Waals surface area contributed by atoms with E-state index in [9.17, 15) is 9.18 Å². The number of ether oxygens (including phenoxy) is 1. The van der Waals surface area contributed by atoms with E-state index in [0.29, 0.717) is 32.5 Å². The third-order valence-electron chi connectivity index (χ3n) is 5.67. The zero-order valence-corrected chi connectivity index (χ0v) is 23.1. The van der Waals surface area contributed by atoms with Crippen LogP contribution >= 0.6 is 34.5 Å². The lowest BCUT2D eigenvalue weighted by atomic mass is 10.1. The molecule has 0 saturated heterocycles. The van der Waals surface area contributed by atoms with Crippen molar-refractivity contribution in [2.45, 2.75) is 6.61 Å². The van der Waals surface area contributed by atoms with Gasteiger partial charge in [0, 0.05) is 37.8 Å². The molecule has 0 aliphatic carbocycles. The third kappa shape index (κ3) is 7.24. The Morgan fingerprint density at radius 2 is 1.75 bits per heavy atom. The predicted molar refractivity (Wildman–Crippen MR) is 160 cm³/mol. The van der Waals surface area contributed by atoms with Crippen LogP contribution in [0.5, 0.6) is 5.75 Å². The lowest BCUT2D eigenvalue weighted by Gasteiger charge is -2.10. The fourth-order valence-corrected chi connectivity index (χ4v) is 4.72. The average molecular weight is 591 g/mol. The molecule has 4 aromatic carbocycles. The van der Waals surface area contributed by atoms with Crippen molar-refractivity contribution < 1.29 is 13.9 Å². The van der Waals surface area contributed by atoms with Crippen LogP contribution in [0.4, 0.5) is 15.2 Å². The van der Waals surface area contributed by atoms with Crippen molar-refractivity contribution in [1.29, 1.82) is 0 Å². The molecule has 0 unspecified atom stereocenters. The maximum absolute atomic E-state index is 13.5. The maximum Gasteiger partial charge on any atom is 0.271 e. The Bertz CT molecular complexity index is 1660. The molecule has 6 nitrogen and oxygen atoms in total. The fraction of sp³-hybridized carbons (Fsp3) is 0.0333. The van der Waals surface area contributed by atoms with E-state index >= 15 is 0 Å². The van der Waals surface area contributed by atoms with Crippen LogP contribution in [-0.2, 0) is 6.61 Å². The SMILES string of the molecule is O=C(N/N=C\c1cc(Cl)ccc1OCc1cccc(F)c1)c1ccc(-c2csc(Nc3ccc(Cl)cc3)n2)cc1. The number of amides is 1. The molecule has 0 fully saturated rings. The van der Waals surface area contributed by atoms with Crippen molar-refractivity contribution in [2.24, 2.45) is 5.10 Å². The summed E-state index contributed by atoms with van der Waals surface area (Å²) < 4.78 is 19.3. The van der Waals surface area contributed by atoms with Gasteiger partial charge in [-0.1, -0.05) is 47.5 Å². The Morgan fingerprint density at radius 1 is 0.975 bits per heavy atom. The van der Waals surface area contributed by atoms with Crippen LogP contribution in [0.3, 0.4) is 0 Å². The Morgan fingerprint density at radius 3 is 2.52 bits per heavy atom. The lowest BCUT2D eigenvalue weighted by Crippen LogP contribution is -2.17. The Balaban J connectivity index is 1.20. The minimum Gasteiger partial charge on any atom is -0.488 e. The first-order valence-electron chi connectivity index (χ1n) is 12.0. The van der Waals surface area contributed by atoms with Crippen molar-refractivity contribution in [1.82, 2.24) is 10.4 Å². The summed E-state index contributed by atoms with van der Waals surface area (Å²) in [5.74, 6) is -0.225. The number of thiazole rings is 1. The second kappa shape index (κ2) is 12.7. The summed E-state index contributed by atoms with van der Waals surface area (Å²) in [4.78, 5) is 17.3. The van der Waals surface area contributed by atoms with Gasteiger partial charge in [-0.3, -0.25) is 4.79 Å². The van der Waals surface area contributed by atoms with E-state index < -0.39 is 0 Å². The first kappa shape index (κ1) is 27.3. The number of hydrogen-bond donors (Lipinski definition) is 2. The van der Waals surface area contributed by atoms with E-state index in [-0.39, 0.29) is 18.3 Å². The smallest absolute Gasteiger partial charge is 0.271 e. The normalized spacial score (nSPS) is 11.0. The molecule has 0 saturated carbocycles. The summed E-state index contributed by atoms with van der Waals surface area (Å²) in [5, 5.41) is 11.2. The first-order chi connectivity index (χ1) is 19.4. The number of carbonyl (C=O) groups excluding carboxylic acids is 1. The molecule has 40 heavy (non-hydrogen) atoms. The highest BCUT2D eigenvalue weighted by molar-refractivity contribution is 7.14. The summed E-state index contributed by atoms with van der Waals surface area (Å²) in [6.07, 6.45) is 1.45. The van der Waals surface area contributed by atoms with Crippen LogP contribution < -0.4 is 15.5 Å². The molecule has 0 aliphatic heterocycles. The van der Waals surface area contributed by atoms with Gasteiger partial charge in [0.1, 0.15) is 18.2 Å². The number of nitrogens with one attached hydrogen (secondary N) is 2. The minimum atomic E-state index is -0.379. The van der Waals surface area contributed by atoms with Crippen LogP contribution in [0.1, 0.15) is 21.5 Å². The second-order valence-electron chi connectivity index (χ2n) is 8.55. The predicted octanol–water partition coefficient (Wildman–Crippen LogP) is 8.34. The van der Waals surface area contributed by atoms with Crippen molar-refractivity contribution in [2.75, 3.05) is 5.32 Å². The van der Waals surface area contributed by atoms with E-state index in [2.05, 4.69) is 20.8 Å². The second-order valence-corrected chi connectivity index (χ2v) is 10.3. The molecule has 1 amide bonds. The molecule has 0 atom stereocenters. The highest BCUT2D eigenvalue weighted by Gasteiger charge is 2.09. The molecule has 5 rings (SSSR count). The van der Waals surface area contributed by atoms with E-state index in [1.54, 1.807) is 42.5 Å². The molecular formula is C30H21Cl2FN4O2S. The third-order valence-corrected chi connectivity index (χ3v) is 6.91. The van der Waals surface area contributed by atoms with Gasteiger partial charge < -0.3 is 10.1 Å². The zero-order valence-electron chi connectivity index (χ0n) is 20.8. The van der Waals surface area contributed by atoms with Gasteiger partial charge in [0.05, 0.1) is 11.9 Å². The molecule has 200 valence electrons. The van der Waals surface area contributed by atoms with E-state index in [0.717, 1.165) is 22.1 Å². The quantitative estimate of drug-likeness (QED) is 0.134. The van der Waals surface area contributed by atoms with Crippen LogP contribution in [0, 0.1) is 5.82 Å². The minimum absolute atomic E-state index is 0.163. The van der Waals surface area contributed by atoms with E-state index in [1.165, 1.54) is 29.7 Å². The van der Waals surface area contributed by atoms with Crippen LogP contribution in [0.25, 0.3) is 11.3 Å². The number of hydrogen-bond acceptors (Lipinski definition) is 6. The summed E-state index contributed by atoms with van der Waals surface area (Å²) in [6.45, 7) is 0.163. The van der Waals surface area contributed by atoms with Crippen LogP contribution in [-0.4, -0.2) is 17.1 Å². The Hall–Kier alpha value is -4.24. The number of aromatic nitrogens is 1. The number of rotatable bonds is 9. The van der Waals surface area contributed by atoms with Gasteiger partial charge in [0.25, 0.3) is 5.91 Å². The molecule has 10 heteroatoms. The number of hydrazone groups is 1. The van der Waals surface area contributed by atoms with Crippen molar-refractivity contribution in [3.05, 3.63) is 129 Å². The van der Waals surface area contributed by atoms with Gasteiger partial charge in [-0.15, -0.1) is 11.3 Å². The van der Waals surface area contributed by atoms with Crippen LogP contribution in [0.15, 0.2) is 101 Å². The standard InChI is InChI=1S/C30H21Cl2FN4O2S/c31-23-8-11-26(12-9-23)35-30-36-27(18-40-30)20-4-6-21(7-5-20)29(38)37-34-16-22-15-24(32)10-13-28(22)39-17-19-2-1-3-25(33)14-19/h1-16,18H,17H2,(H,35,36)(H,37,38)/b34-16-. The largest absolute Gasteiger partial charge is 0.488 e. The molecule has 1 heterocycles. The van der Waals surface area contributed by atoms with Gasteiger partial charge in [0.15, 0.2) is 5.13 Å². The topological polar surface area (TPSA) is 75.6 Å². The van der Waals surface area contributed by atoms with Crippen molar-refractivity contribution in [3.8, 4) is 17.0 Å². The summed E-state index contributed by atoms with van der Waals surface area (Å²) >= 11 is 13.6. The van der Waals surface area contributed by atoms with Gasteiger partial charge in [0.2, 0.25) is 0 Å². The number of benzene rings is 4. The molecule has 2 N–H and O–H groups in total. The van der Waals surface area contributed by atoms with Gasteiger partial charge in [-0.05, 0) is 72.3 Å². The summed E-state index contributed by atoms with van der Waals surface area (Å²) in [7, 11) is 0. The monoisotopic (exact) mass is 590 g/mol. The number of nitrogens with zero attached hydrogens (tertiary/aromatic N) is 2. The molecule has 1 aromatic heterocycles. The Kier molecular flexibility index (Phi) is 8.71. The summed E-state index contributed by atoms with van der Waals surface area (Å²) in [6, 6.07) is 25.7.